The molecule has 0 aromatic carbocycles. The van der Waals surface area contributed by atoms with E-state index in [4.69, 9.17) is 9.72 Å². The van der Waals surface area contributed by atoms with Crippen molar-refractivity contribution < 1.29 is 9.29 Å². The fourth-order valence-electron chi connectivity index (χ4n) is 3.46. The van der Waals surface area contributed by atoms with E-state index in [0.29, 0.717) is 24.7 Å². The monoisotopic (exact) mass is 455 g/mol. The van der Waals surface area contributed by atoms with Gasteiger partial charge in [0.25, 0.3) is 5.88 Å². The molecule has 7 nitrogen and oxygen atoms in total. The van der Waals surface area contributed by atoms with E-state index in [9.17, 15) is 4.55 Å². The highest BCUT2D eigenvalue weighted by Crippen LogP contribution is 2.32. The molecule has 3 aromatic heterocycles. The maximum Gasteiger partial charge on any atom is 0.258 e. The van der Waals surface area contributed by atoms with E-state index in [2.05, 4.69) is 29.5 Å². The zero-order chi connectivity index (χ0) is 23.5. The predicted octanol–water partition coefficient (Wildman–Crippen LogP) is 4.90. The van der Waals surface area contributed by atoms with Crippen molar-refractivity contribution in [2.24, 2.45) is 0 Å². The lowest BCUT2D eigenvalue weighted by atomic mass is 10.0. The van der Waals surface area contributed by atoms with E-state index >= 15 is 0 Å². The number of ether oxygens (including phenoxy) is 1. The van der Waals surface area contributed by atoms with Gasteiger partial charge in [0.15, 0.2) is 0 Å². The third-order valence-corrected chi connectivity index (χ3v) is 7.30. The Hall–Kier alpha value is -2.42. The van der Waals surface area contributed by atoms with E-state index < -0.39 is 11.4 Å². The van der Waals surface area contributed by atoms with Crippen molar-refractivity contribution in [2.75, 3.05) is 13.2 Å². The quantitative estimate of drug-likeness (QED) is 0.259. The van der Waals surface area contributed by atoms with Gasteiger partial charge in [-0.15, -0.1) is 10.9 Å². The standard InChI is InChI=1S/C24H33N5O2S/c1-8-10-13-31-23-22-25-11-12-28(22)16-21(27-23)20-14-19(15-26-17(20)3)18(4)29(9-2)32(30)24(5,6)7/h8,11-12,14-16,18H,1,9-10,13H2,2-7H3/t18-,32-/m1/s1. The Morgan fingerprint density at radius 2 is 2.09 bits per heavy atom. The molecular formula is C24H33N5O2S. The van der Waals surface area contributed by atoms with Crippen LogP contribution in [0.25, 0.3) is 16.9 Å². The van der Waals surface area contributed by atoms with Gasteiger partial charge in [0, 0.05) is 54.0 Å². The van der Waals surface area contributed by atoms with E-state index in [1.807, 2.05) is 68.0 Å². The Balaban J connectivity index is 2.01. The van der Waals surface area contributed by atoms with Crippen molar-refractivity contribution in [1.82, 2.24) is 23.7 Å². The zero-order valence-corrected chi connectivity index (χ0v) is 20.6. The van der Waals surface area contributed by atoms with Gasteiger partial charge in [-0.25, -0.2) is 9.97 Å². The van der Waals surface area contributed by atoms with Gasteiger partial charge < -0.3 is 13.7 Å². The van der Waals surface area contributed by atoms with Gasteiger partial charge in [-0.1, -0.05) is 6.08 Å². The highest BCUT2D eigenvalue weighted by Gasteiger charge is 2.36. The van der Waals surface area contributed by atoms with Gasteiger partial charge >= 0.3 is 0 Å². The van der Waals surface area contributed by atoms with Crippen molar-refractivity contribution in [3.05, 3.63) is 54.8 Å². The van der Waals surface area contributed by atoms with Crippen LogP contribution in [0.3, 0.4) is 0 Å². The molecule has 0 saturated heterocycles. The maximum absolute atomic E-state index is 13.1. The van der Waals surface area contributed by atoms with Crippen LogP contribution >= 0.6 is 0 Å². The number of nitrogens with zero attached hydrogens (tertiary/aromatic N) is 5. The number of imidazole rings is 1. The predicted molar refractivity (Wildman–Crippen MR) is 130 cm³/mol. The van der Waals surface area contributed by atoms with E-state index in [0.717, 1.165) is 28.9 Å². The highest BCUT2D eigenvalue weighted by molar-refractivity contribution is 7.90. The topological polar surface area (TPSA) is 78.6 Å². The molecule has 0 amide bonds. The van der Waals surface area contributed by atoms with E-state index in [1.54, 1.807) is 6.20 Å². The molecule has 3 aromatic rings. The molecule has 0 saturated carbocycles. The fraction of sp³-hybridized carbons (Fsp3) is 0.458. The summed E-state index contributed by atoms with van der Waals surface area (Å²) < 4.78 is 22.6. The lowest BCUT2D eigenvalue weighted by Gasteiger charge is -2.35. The largest absolute Gasteiger partial charge is 0.597 e. The molecule has 0 aliphatic heterocycles. The average Bonchev–Trinajstić information content (AvgIpc) is 3.22. The van der Waals surface area contributed by atoms with Gasteiger partial charge in [0.1, 0.15) is 4.75 Å². The average molecular weight is 456 g/mol. The van der Waals surface area contributed by atoms with Crippen molar-refractivity contribution in [3.8, 4) is 17.1 Å². The number of pyridine rings is 1. The molecule has 2 atom stereocenters. The molecule has 0 aliphatic rings. The Morgan fingerprint density at radius 3 is 2.75 bits per heavy atom. The third kappa shape index (κ3) is 5.14. The number of aryl methyl sites for hydroxylation is 1. The van der Waals surface area contributed by atoms with E-state index in [1.165, 1.54) is 0 Å². The van der Waals surface area contributed by atoms with Crippen molar-refractivity contribution in [3.63, 3.8) is 0 Å². The van der Waals surface area contributed by atoms with Gasteiger partial charge in [-0.2, -0.15) is 0 Å². The number of hydrogen-bond acceptors (Lipinski definition) is 6. The first-order valence-corrected chi connectivity index (χ1v) is 12.0. The summed E-state index contributed by atoms with van der Waals surface area (Å²) in [6.07, 6.45) is 9.94. The second kappa shape index (κ2) is 10.0. The summed E-state index contributed by atoms with van der Waals surface area (Å²) in [6.45, 7) is 17.0. The third-order valence-electron chi connectivity index (χ3n) is 5.25. The molecule has 32 heavy (non-hydrogen) atoms. The van der Waals surface area contributed by atoms with Gasteiger partial charge in [-0.3, -0.25) is 4.98 Å². The van der Waals surface area contributed by atoms with Crippen LogP contribution in [0.4, 0.5) is 0 Å². The van der Waals surface area contributed by atoms with Crippen molar-refractivity contribution in [2.45, 2.75) is 58.8 Å². The Labute approximate surface area is 193 Å². The molecule has 0 bridgehead atoms. The van der Waals surface area contributed by atoms with Crippen LogP contribution in [-0.4, -0.2) is 46.1 Å². The summed E-state index contributed by atoms with van der Waals surface area (Å²) in [5.41, 5.74) is 4.20. The first kappa shape index (κ1) is 24.2. The van der Waals surface area contributed by atoms with Gasteiger partial charge in [0.05, 0.1) is 18.3 Å². The van der Waals surface area contributed by atoms with E-state index in [-0.39, 0.29) is 10.8 Å². The maximum atomic E-state index is 13.1. The van der Waals surface area contributed by atoms with Gasteiger partial charge in [-0.05, 0) is 59.6 Å². The smallest absolute Gasteiger partial charge is 0.258 e. The Morgan fingerprint density at radius 1 is 1.34 bits per heavy atom. The molecule has 0 unspecified atom stereocenters. The summed E-state index contributed by atoms with van der Waals surface area (Å²) in [5.74, 6) is 0.483. The number of rotatable bonds is 9. The number of aromatic nitrogens is 4. The molecule has 0 spiro atoms. The number of hydrogen-bond donors (Lipinski definition) is 0. The summed E-state index contributed by atoms with van der Waals surface area (Å²) in [7, 11) is 0. The minimum Gasteiger partial charge on any atom is -0.597 e. The molecule has 172 valence electrons. The lowest BCUT2D eigenvalue weighted by Crippen LogP contribution is -2.44. The van der Waals surface area contributed by atoms with Crippen LogP contribution in [0.2, 0.25) is 0 Å². The summed E-state index contributed by atoms with van der Waals surface area (Å²) in [4.78, 5) is 13.8. The van der Waals surface area contributed by atoms with Crippen LogP contribution in [-0.2, 0) is 11.4 Å². The molecule has 0 aliphatic carbocycles. The summed E-state index contributed by atoms with van der Waals surface area (Å²) in [5, 5.41) is 0. The molecular weight excluding hydrogens is 422 g/mol. The first-order chi connectivity index (χ1) is 15.2. The SMILES string of the molecule is C=CCCOc1nc(-c2cc([C@@H](C)N(CC)[S@+]([O-])C(C)(C)C)cnc2C)cn2ccnc12. The van der Waals surface area contributed by atoms with Crippen LogP contribution in [0, 0.1) is 6.92 Å². The second-order valence-electron chi connectivity index (χ2n) is 8.69. The summed E-state index contributed by atoms with van der Waals surface area (Å²) >= 11 is -1.13. The second-order valence-corrected chi connectivity index (χ2v) is 10.9. The fourth-order valence-corrected chi connectivity index (χ4v) is 4.81. The van der Waals surface area contributed by atoms with Crippen molar-refractivity contribution in [1.29, 1.82) is 0 Å². The summed E-state index contributed by atoms with van der Waals surface area (Å²) in [6, 6.07) is 2.03. The Bertz CT molecular complexity index is 1080. The van der Waals surface area contributed by atoms with Crippen LogP contribution in [0.5, 0.6) is 5.88 Å². The highest BCUT2D eigenvalue weighted by atomic mass is 32.2. The zero-order valence-electron chi connectivity index (χ0n) is 19.8. The minimum absolute atomic E-state index is 0.0628. The first-order valence-electron chi connectivity index (χ1n) is 10.9. The van der Waals surface area contributed by atoms with Crippen molar-refractivity contribution >= 4 is 17.0 Å². The molecule has 0 N–H and O–H groups in total. The minimum atomic E-state index is -1.13. The normalized spacial score (nSPS) is 14.0. The Kier molecular flexibility index (Phi) is 7.59. The molecule has 3 heterocycles. The molecule has 8 heteroatoms. The number of fused-ring (bicyclic) bond motifs is 1. The van der Waals surface area contributed by atoms with Crippen LogP contribution in [0.15, 0.2) is 43.5 Å². The van der Waals surface area contributed by atoms with Crippen LogP contribution < -0.4 is 4.74 Å². The molecule has 0 radical (unpaired) electrons. The lowest BCUT2D eigenvalue weighted by molar-refractivity contribution is 0.315. The van der Waals surface area contributed by atoms with Gasteiger partial charge in [0.2, 0.25) is 5.65 Å². The molecule has 0 fully saturated rings. The molecule has 3 rings (SSSR count). The van der Waals surface area contributed by atoms with Crippen LogP contribution in [0.1, 0.15) is 58.3 Å².